The first-order chi connectivity index (χ1) is 7.02. The van der Waals surface area contributed by atoms with E-state index < -0.39 is 11.6 Å². The van der Waals surface area contributed by atoms with Crippen LogP contribution in [0.2, 0.25) is 0 Å². The minimum Gasteiger partial charge on any atom is -0.207 e. The summed E-state index contributed by atoms with van der Waals surface area (Å²) in [5.74, 6) is -0.588. The third-order valence-electron chi connectivity index (χ3n) is 2.59. The number of hydrogen-bond donors (Lipinski definition) is 0. The zero-order chi connectivity index (χ0) is 11.4. The summed E-state index contributed by atoms with van der Waals surface area (Å²) in [6, 6.07) is 3.71. The summed E-state index contributed by atoms with van der Waals surface area (Å²) in [6.45, 7) is 4.14. The maximum Gasteiger partial charge on any atom is 0.126 e. The predicted octanol–water partition coefficient (Wildman–Crippen LogP) is 4.32. The van der Waals surface area contributed by atoms with E-state index in [1.54, 1.807) is 0 Å². The highest BCUT2D eigenvalue weighted by Crippen LogP contribution is 2.22. The molecular weight excluding hydrogens is 262 g/mol. The second kappa shape index (κ2) is 5.59. The highest BCUT2D eigenvalue weighted by atomic mass is 79.9. The molecule has 0 spiro atoms. The molecule has 1 aromatic rings. The second-order valence-corrected chi connectivity index (χ2v) is 5.27. The van der Waals surface area contributed by atoms with Crippen LogP contribution >= 0.6 is 15.9 Å². The molecule has 84 valence electrons. The number of benzene rings is 1. The monoisotopic (exact) mass is 276 g/mol. The first-order valence-electron chi connectivity index (χ1n) is 5.12. The Hall–Kier alpha value is -0.440. The first kappa shape index (κ1) is 12.6. The molecule has 3 heteroatoms. The Morgan fingerprint density at radius 3 is 2.13 bits per heavy atom. The Morgan fingerprint density at radius 2 is 1.73 bits per heavy atom. The van der Waals surface area contributed by atoms with Crippen molar-refractivity contribution in [1.29, 1.82) is 0 Å². The summed E-state index contributed by atoms with van der Waals surface area (Å²) in [5.41, 5.74) is 0.727. The first-order valence-corrected chi connectivity index (χ1v) is 6.03. The van der Waals surface area contributed by atoms with Gasteiger partial charge in [-0.1, -0.05) is 36.2 Å². The lowest BCUT2D eigenvalue weighted by molar-refractivity contribution is 0.502. The Balaban J connectivity index is 2.79. The molecule has 0 aliphatic heterocycles. The van der Waals surface area contributed by atoms with E-state index in [1.807, 2.05) is 0 Å². The van der Waals surface area contributed by atoms with Crippen LogP contribution in [0.1, 0.15) is 25.8 Å². The normalized spacial score (nSPS) is 15.0. The summed E-state index contributed by atoms with van der Waals surface area (Å²) in [6.07, 6.45) is 1.70. The topological polar surface area (TPSA) is 0 Å². The van der Waals surface area contributed by atoms with Gasteiger partial charge in [0.05, 0.1) is 0 Å². The van der Waals surface area contributed by atoms with Gasteiger partial charge in [-0.15, -0.1) is 0 Å². The van der Waals surface area contributed by atoms with Crippen LogP contribution in [0.4, 0.5) is 8.78 Å². The third-order valence-corrected chi connectivity index (χ3v) is 3.34. The molecule has 0 nitrogen and oxygen atoms in total. The van der Waals surface area contributed by atoms with E-state index in [0.29, 0.717) is 17.2 Å². The third kappa shape index (κ3) is 3.90. The van der Waals surface area contributed by atoms with Crippen molar-refractivity contribution in [2.45, 2.75) is 31.5 Å². The summed E-state index contributed by atoms with van der Waals surface area (Å²) >= 11 is 3.51. The van der Waals surface area contributed by atoms with Crippen molar-refractivity contribution < 1.29 is 8.78 Å². The average Bonchev–Trinajstić information content (AvgIpc) is 2.12. The van der Waals surface area contributed by atoms with Gasteiger partial charge in [0.15, 0.2) is 0 Å². The minimum atomic E-state index is -0.498. The van der Waals surface area contributed by atoms with E-state index in [4.69, 9.17) is 0 Å². The summed E-state index contributed by atoms with van der Waals surface area (Å²) in [4.78, 5) is 0.355. The van der Waals surface area contributed by atoms with Crippen molar-refractivity contribution in [3.8, 4) is 0 Å². The van der Waals surface area contributed by atoms with Crippen molar-refractivity contribution in [2.75, 3.05) is 0 Å². The van der Waals surface area contributed by atoms with Crippen molar-refractivity contribution in [3.63, 3.8) is 0 Å². The van der Waals surface area contributed by atoms with Crippen LogP contribution in [-0.4, -0.2) is 4.83 Å². The summed E-state index contributed by atoms with van der Waals surface area (Å²) in [5, 5.41) is 0. The van der Waals surface area contributed by atoms with Crippen molar-refractivity contribution >= 4 is 15.9 Å². The van der Waals surface area contributed by atoms with Crippen molar-refractivity contribution in [2.24, 2.45) is 5.92 Å². The molecule has 15 heavy (non-hydrogen) atoms. The molecule has 0 N–H and O–H groups in total. The highest BCUT2D eigenvalue weighted by Gasteiger charge is 2.14. The van der Waals surface area contributed by atoms with Gasteiger partial charge in [0.1, 0.15) is 11.6 Å². The maximum atomic E-state index is 12.9. The quantitative estimate of drug-likeness (QED) is 0.719. The van der Waals surface area contributed by atoms with Crippen molar-refractivity contribution in [1.82, 2.24) is 0 Å². The van der Waals surface area contributed by atoms with Crippen LogP contribution in [0.3, 0.4) is 0 Å². The van der Waals surface area contributed by atoms with Crippen LogP contribution in [-0.2, 0) is 6.42 Å². The molecular formula is C12H15BrF2. The molecule has 0 saturated heterocycles. The van der Waals surface area contributed by atoms with E-state index >= 15 is 0 Å². The van der Waals surface area contributed by atoms with E-state index in [1.165, 1.54) is 12.1 Å². The fourth-order valence-electron chi connectivity index (χ4n) is 1.66. The number of rotatable bonds is 4. The van der Waals surface area contributed by atoms with Crippen LogP contribution < -0.4 is 0 Å². The summed E-state index contributed by atoms with van der Waals surface area (Å²) in [7, 11) is 0. The van der Waals surface area contributed by atoms with Gasteiger partial charge in [0, 0.05) is 10.9 Å². The average molecular weight is 277 g/mol. The molecule has 2 unspecified atom stereocenters. The Bertz CT molecular complexity index is 303. The maximum absolute atomic E-state index is 12.9. The molecule has 0 heterocycles. The second-order valence-electron chi connectivity index (χ2n) is 3.83. The fourth-order valence-corrected chi connectivity index (χ4v) is 2.22. The predicted molar refractivity (Wildman–Crippen MR) is 62.2 cm³/mol. The van der Waals surface area contributed by atoms with Gasteiger partial charge >= 0.3 is 0 Å². The van der Waals surface area contributed by atoms with Gasteiger partial charge in [0.2, 0.25) is 0 Å². The fraction of sp³-hybridized carbons (Fsp3) is 0.500. The van der Waals surface area contributed by atoms with E-state index in [9.17, 15) is 8.78 Å². The number of hydrogen-bond acceptors (Lipinski definition) is 0. The van der Waals surface area contributed by atoms with Gasteiger partial charge < -0.3 is 0 Å². The van der Waals surface area contributed by atoms with E-state index in [0.717, 1.165) is 18.1 Å². The molecule has 0 saturated carbocycles. The zero-order valence-corrected chi connectivity index (χ0v) is 10.5. The lowest BCUT2D eigenvalue weighted by Gasteiger charge is -2.17. The molecule has 0 amide bonds. The molecule has 0 bridgehead atoms. The molecule has 0 aromatic heterocycles. The van der Waals surface area contributed by atoms with Gasteiger partial charge in [-0.05, 0) is 30.0 Å². The van der Waals surface area contributed by atoms with Crippen LogP contribution in [0.5, 0.6) is 0 Å². The Labute approximate surface area is 97.8 Å². The Morgan fingerprint density at radius 1 is 1.20 bits per heavy atom. The van der Waals surface area contributed by atoms with Gasteiger partial charge in [0.25, 0.3) is 0 Å². The van der Waals surface area contributed by atoms with Gasteiger partial charge in [-0.25, -0.2) is 8.78 Å². The SMILES string of the molecule is CCC(Cc1cc(F)cc(F)c1)C(C)Br. The van der Waals surface area contributed by atoms with Crippen LogP contribution in [0, 0.1) is 17.6 Å². The lowest BCUT2D eigenvalue weighted by atomic mass is 9.94. The molecule has 0 aliphatic rings. The van der Waals surface area contributed by atoms with Crippen molar-refractivity contribution in [3.05, 3.63) is 35.4 Å². The largest absolute Gasteiger partial charge is 0.207 e. The molecule has 0 aliphatic carbocycles. The van der Waals surface area contributed by atoms with Crippen LogP contribution in [0.25, 0.3) is 0 Å². The molecule has 2 atom stereocenters. The number of halogens is 3. The van der Waals surface area contributed by atoms with Gasteiger partial charge in [-0.2, -0.15) is 0 Å². The standard InChI is InChI=1S/C12H15BrF2/c1-3-10(8(2)13)4-9-5-11(14)7-12(15)6-9/h5-8,10H,3-4H2,1-2H3. The summed E-state index contributed by atoms with van der Waals surface area (Å²) < 4.78 is 25.9. The number of alkyl halides is 1. The molecule has 0 radical (unpaired) electrons. The highest BCUT2D eigenvalue weighted by molar-refractivity contribution is 9.09. The Kier molecular flexibility index (Phi) is 4.71. The molecule has 1 rings (SSSR count). The lowest BCUT2D eigenvalue weighted by Crippen LogP contribution is -2.13. The molecule has 1 aromatic carbocycles. The molecule has 0 fully saturated rings. The zero-order valence-electron chi connectivity index (χ0n) is 8.93. The van der Waals surface area contributed by atoms with E-state index in [2.05, 4.69) is 29.8 Å². The smallest absolute Gasteiger partial charge is 0.126 e. The van der Waals surface area contributed by atoms with Gasteiger partial charge in [-0.3, -0.25) is 0 Å². The minimum absolute atomic E-state index is 0.355. The van der Waals surface area contributed by atoms with Crippen LogP contribution in [0.15, 0.2) is 18.2 Å². The van der Waals surface area contributed by atoms with E-state index in [-0.39, 0.29) is 0 Å².